The lowest BCUT2D eigenvalue weighted by Crippen LogP contribution is -2.47. The Bertz CT molecular complexity index is 595. The van der Waals surface area contributed by atoms with Crippen LogP contribution in [0.2, 0.25) is 0 Å². The zero-order valence-corrected chi connectivity index (χ0v) is 16.1. The summed E-state index contributed by atoms with van der Waals surface area (Å²) < 4.78 is 5.44. The molecule has 1 aromatic rings. The summed E-state index contributed by atoms with van der Waals surface area (Å²) in [6.45, 7) is 6.98. The Morgan fingerprint density at radius 1 is 1.12 bits per heavy atom. The van der Waals surface area contributed by atoms with Crippen molar-refractivity contribution in [2.45, 2.75) is 25.9 Å². The van der Waals surface area contributed by atoms with E-state index in [1.807, 2.05) is 32.8 Å². The first-order chi connectivity index (χ1) is 12.4. The number of morpholine rings is 1. The highest BCUT2D eigenvalue weighted by molar-refractivity contribution is 6.35. The molecule has 1 aromatic carbocycles. The van der Waals surface area contributed by atoms with Crippen molar-refractivity contribution in [1.82, 2.24) is 15.5 Å². The van der Waals surface area contributed by atoms with Gasteiger partial charge in [-0.25, -0.2) is 0 Å². The van der Waals surface area contributed by atoms with E-state index in [1.165, 1.54) is 0 Å². The van der Waals surface area contributed by atoms with E-state index in [-0.39, 0.29) is 12.1 Å². The number of rotatable bonds is 6. The van der Waals surface area contributed by atoms with Crippen LogP contribution in [-0.4, -0.2) is 69.7 Å². The zero-order valence-electron chi connectivity index (χ0n) is 16.1. The van der Waals surface area contributed by atoms with Crippen molar-refractivity contribution < 1.29 is 14.3 Å². The van der Waals surface area contributed by atoms with Gasteiger partial charge in [0.15, 0.2) is 0 Å². The molecular weight excluding hydrogens is 332 g/mol. The van der Waals surface area contributed by atoms with E-state index in [1.54, 1.807) is 0 Å². The van der Waals surface area contributed by atoms with Gasteiger partial charge in [-0.05, 0) is 31.5 Å². The molecule has 0 aliphatic carbocycles. The van der Waals surface area contributed by atoms with E-state index in [0.29, 0.717) is 19.8 Å². The summed E-state index contributed by atoms with van der Waals surface area (Å²) in [7, 11) is 4.00. The molecule has 1 fully saturated rings. The van der Waals surface area contributed by atoms with Crippen molar-refractivity contribution >= 4 is 17.5 Å². The van der Waals surface area contributed by atoms with Gasteiger partial charge >= 0.3 is 11.8 Å². The summed E-state index contributed by atoms with van der Waals surface area (Å²) in [5, 5.41) is 5.39. The number of hydrogen-bond acceptors (Lipinski definition) is 5. The Kier molecular flexibility index (Phi) is 7.41. The molecule has 0 aromatic heterocycles. The van der Waals surface area contributed by atoms with Gasteiger partial charge < -0.3 is 20.3 Å². The van der Waals surface area contributed by atoms with Crippen LogP contribution < -0.4 is 15.5 Å². The largest absolute Gasteiger partial charge is 0.379 e. The molecule has 1 aliphatic rings. The average Bonchev–Trinajstić information content (AvgIpc) is 2.62. The van der Waals surface area contributed by atoms with E-state index in [0.717, 1.165) is 24.3 Å². The van der Waals surface area contributed by atoms with E-state index >= 15 is 0 Å². The van der Waals surface area contributed by atoms with Crippen molar-refractivity contribution in [3.8, 4) is 0 Å². The Labute approximate surface area is 155 Å². The molecule has 7 heteroatoms. The van der Waals surface area contributed by atoms with Gasteiger partial charge in [-0.3, -0.25) is 14.5 Å². The van der Waals surface area contributed by atoms with Gasteiger partial charge in [0, 0.05) is 45.5 Å². The second kappa shape index (κ2) is 9.54. The predicted molar refractivity (Wildman–Crippen MR) is 102 cm³/mol. The molecule has 0 bridgehead atoms. The van der Waals surface area contributed by atoms with E-state index < -0.39 is 11.8 Å². The maximum atomic E-state index is 12.1. The van der Waals surface area contributed by atoms with Crippen molar-refractivity contribution in [1.29, 1.82) is 0 Å². The maximum absolute atomic E-state index is 12.1. The zero-order chi connectivity index (χ0) is 19.1. The summed E-state index contributed by atoms with van der Waals surface area (Å²) in [4.78, 5) is 28.2. The molecular formula is C19H30N4O3. The lowest BCUT2D eigenvalue weighted by atomic mass is 10.0. The van der Waals surface area contributed by atoms with Gasteiger partial charge in [-0.2, -0.15) is 0 Å². The topological polar surface area (TPSA) is 73.9 Å². The van der Waals surface area contributed by atoms with E-state index in [4.69, 9.17) is 4.74 Å². The third-order valence-corrected chi connectivity index (χ3v) is 4.36. The van der Waals surface area contributed by atoms with Crippen LogP contribution in [0.3, 0.4) is 0 Å². The third-order valence-electron chi connectivity index (χ3n) is 4.36. The molecule has 0 spiro atoms. The van der Waals surface area contributed by atoms with Crippen molar-refractivity contribution in [2.75, 3.05) is 51.8 Å². The van der Waals surface area contributed by atoms with Gasteiger partial charge in [-0.15, -0.1) is 0 Å². The molecule has 0 saturated carbocycles. The molecule has 1 atom stereocenters. The number of ether oxygens (including phenoxy) is 1. The number of benzene rings is 1. The monoisotopic (exact) mass is 362 g/mol. The minimum Gasteiger partial charge on any atom is -0.379 e. The third kappa shape index (κ3) is 5.71. The van der Waals surface area contributed by atoms with Crippen molar-refractivity contribution in [3.05, 3.63) is 29.8 Å². The van der Waals surface area contributed by atoms with Crippen LogP contribution in [0, 0.1) is 0 Å². The molecule has 2 N–H and O–H groups in total. The first kappa shape index (κ1) is 20.2. The minimum absolute atomic E-state index is 0.00547. The molecule has 1 heterocycles. The van der Waals surface area contributed by atoms with Crippen molar-refractivity contribution in [2.24, 2.45) is 0 Å². The van der Waals surface area contributed by atoms with Gasteiger partial charge in [0.05, 0.1) is 19.3 Å². The first-order valence-electron chi connectivity index (χ1n) is 9.06. The average molecular weight is 362 g/mol. The Balaban J connectivity index is 2.08. The number of nitrogens with zero attached hydrogens (tertiary/aromatic N) is 2. The van der Waals surface area contributed by atoms with E-state index in [9.17, 15) is 9.59 Å². The van der Waals surface area contributed by atoms with Crippen molar-refractivity contribution in [3.63, 3.8) is 0 Å². The Morgan fingerprint density at radius 3 is 2.27 bits per heavy atom. The van der Waals surface area contributed by atoms with Crippen LogP contribution in [0.15, 0.2) is 24.3 Å². The lowest BCUT2D eigenvalue weighted by molar-refractivity contribution is -0.139. The highest BCUT2D eigenvalue weighted by Gasteiger charge is 2.24. The molecule has 0 unspecified atom stereocenters. The van der Waals surface area contributed by atoms with Gasteiger partial charge in [0.1, 0.15) is 0 Å². The minimum atomic E-state index is -0.595. The summed E-state index contributed by atoms with van der Waals surface area (Å²) in [5.41, 5.74) is 2.23. The van der Waals surface area contributed by atoms with E-state index in [2.05, 4.69) is 39.8 Å². The highest BCUT2D eigenvalue weighted by Crippen LogP contribution is 2.23. The van der Waals surface area contributed by atoms with Gasteiger partial charge in [0.2, 0.25) is 0 Å². The molecule has 2 rings (SSSR count). The Hall–Kier alpha value is -2.12. The fourth-order valence-corrected chi connectivity index (χ4v) is 2.94. The normalized spacial score (nSPS) is 16.2. The van der Waals surface area contributed by atoms with Crippen LogP contribution >= 0.6 is 0 Å². The second-order valence-corrected chi connectivity index (χ2v) is 6.99. The number of carbonyl (C=O) groups is 2. The molecule has 7 nitrogen and oxygen atoms in total. The SMILES string of the molecule is CC(C)NC(=O)C(=O)NC[C@@H](c1ccc(N(C)C)cc1)N1CCOCC1. The van der Waals surface area contributed by atoms with Gasteiger partial charge in [0.25, 0.3) is 0 Å². The smallest absolute Gasteiger partial charge is 0.309 e. The molecule has 1 saturated heterocycles. The summed E-state index contributed by atoms with van der Waals surface area (Å²) in [5.74, 6) is -1.19. The first-order valence-corrected chi connectivity index (χ1v) is 9.06. The fraction of sp³-hybridized carbons (Fsp3) is 0.579. The summed E-state index contributed by atoms with van der Waals surface area (Å²) in [6, 6.07) is 8.23. The lowest BCUT2D eigenvalue weighted by Gasteiger charge is -2.35. The quantitative estimate of drug-likeness (QED) is 0.731. The number of carbonyl (C=O) groups excluding carboxylic acids is 2. The van der Waals surface area contributed by atoms with Crippen LogP contribution in [0.25, 0.3) is 0 Å². The second-order valence-electron chi connectivity index (χ2n) is 6.99. The number of anilines is 1. The molecule has 26 heavy (non-hydrogen) atoms. The van der Waals surface area contributed by atoms with Gasteiger partial charge in [-0.1, -0.05) is 12.1 Å². The van der Waals surface area contributed by atoms with Crippen LogP contribution in [0.4, 0.5) is 5.69 Å². The fourth-order valence-electron chi connectivity index (χ4n) is 2.94. The standard InChI is InChI=1S/C19H30N4O3/c1-14(2)21-19(25)18(24)20-13-17(23-9-11-26-12-10-23)15-5-7-16(8-6-15)22(3)4/h5-8,14,17H,9-13H2,1-4H3,(H,20,24)(H,21,25)/t17-/m0/s1. The summed E-state index contributed by atoms with van der Waals surface area (Å²) in [6.07, 6.45) is 0. The molecule has 1 aliphatic heterocycles. The number of hydrogen-bond donors (Lipinski definition) is 2. The molecule has 0 radical (unpaired) electrons. The van der Waals surface area contributed by atoms with Crippen LogP contribution in [0.1, 0.15) is 25.5 Å². The Morgan fingerprint density at radius 2 is 1.73 bits per heavy atom. The maximum Gasteiger partial charge on any atom is 0.309 e. The highest BCUT2D eigenvalue weighted by atomic mass is 16.5. The predicted octanol–water partition coefficient (Wildman–Crippen LogP) is 0.767. The van der Waals surface area contributed by atoms with Crippen LogP contribution in [-0.2, 0) is 14.3 Å². The molecule has 2 amide bonds. The summed E-state index contributed by atoms with van der Waals surface area (Å²) >= 11 is 0. The molecule has 144 valence electrons. The number of nitrogens with one attached hydrogen (secondary N) is 2. The van der Waals surface area contributed by atoms with Crippen LogP contribution in [0.5, 0.6) is 0 Å². The number of amides is 2.